The fourth-order valence-corrected chi connectivity index (χ4v) is 7.49. The number of benzene rings is 3. The fourth-order valence-electron chi connectivity index (χ4n) is 7.49. The first-order valence-corrected chi connectivity index (χ1v) is 21.2. The van der Waals surface area contributed by atoms with Gasteiger partial charge in [0.05, 0.1) is 45.6 Å². The molecule has 306 valence electrons. The van der Waals surface area contributed by atoms with E-state index in [-0.39, 0.29) is 38.3 Å². The third-order valence-corrected chi connectivity index (χ3v) is 10.7. The third-order valence-electron chi connectivity index (χ3n) is 10.7. The number of rotatable bonds is 26. The highest BCUT2D eigenvalue weighted by Crippen LogP contribution is 2.43. The molecular formula is C47H65NO8. The maximum atomic E-state index is 14.0. The van der Waals surface area contributed by atoms with Crippen molar-refractivity contribution < 1.29 is 38.0 Å². The SMILES string of the molecule is CCCCCCCCCCCCCCNC(=O)CC1(COCc2ccccc2)CO[C@@]2(CC[C@H](COCc3ccccc3)O2)C(C(=O)OCc2ccccc2)O1. The van der Waals surface area contributed by atoms with Crippen molar-refractivity contribution >= 4 is 11.9 Å². The van der Waals surface area contributed by atoms with Gasteiger partial charge in [0.25, 0.3) is 0 Å². The zero-order chi connectivity index (χ0) is 39.2. The molecule has 0 aromatic heterocycles. The molecule has 1 N–H and O–H groups in total. The number of unbranched alkanes of at least 4 members (excludes halogenated alkanes) is 11. The first kappa shape index (κ1) is 43.5. The molecule has 2 unspecified atom stereocenters. The molecular weight excluding hydrogens is 707 g/mol. The van der Waals surface area contributed by atoms with Crippen molar-refractivity contribution in [3.63, 3.8) is 0 Å². The van der Waals surface area contributed by atoms with E-state index in [0.29, 0.717) is 39.2 Å². The van der Waals surface area contributed by atoms with Gasteiger partial charge in [0.2, 0.25) is 17.8 Å². The quantitative estimate of drug-likeness (QED) is 0.0637. The summed E-state index contributed by atoms with van der Waals surface area (Å²) in [5.41, 5.74) is 1.66. The zero-order valence-electron chi connectivity index (χ0n) is 33.6. The average molecular weight is 772 g/mol. The fraction of sp³-hybridized carbons (Fsp3) is 0.574. The lowest BCUT2D eigenvalue weighted by Crippen LogP contribution is -2.64. The first-order valence-electron chi connectivity index (χ1n) is 21.2. The van der Waals surface area contributed by atoms with E-state index in [1.807, 2.05) is 91.0 Å². The molecule has 0 bridgehead atoms. The summed E-state index contributed by atoms with van der Waals surface area (Å²) in [5.74, 6) is -2.17. The maximum Gasteiger partial charge on any atom is 0.341 e. The van der Waals surface area contributed by atoms with E-state index in [0.717, 1.165) is 29.5 Å². The van der Waals surface area contributed by atoms with Crippen molar-refractivity contribution in [2.45, 2.75) is 147 Å². The number of hydrogen-bond acceptors (Lipinski definition) is 8. The minimum atomic E-state index is -1.39. The van der Waals surface area contributed by atoms with Crippen molar-refractivity contribution in [2.24, 2.45) is 0 Å². The second-order valence-corrected chi connectivity index (χ2v) is 15.5. The van der Waals surface area contributed by atoms with E-state index in [4.69, 9.17) is 28.4 Å². The number of hydrogen-bond donors (Lipinski definition) is 1. The Hall–Kier alpha value is -3.60. The van der Waals surface area contributed by atoms with E-state index in [2.05, 4.69) is 12.2 Å². The van der Waals surface area contributed by atoms with Crippen molar-refractivity contribution in [3.05, 3.63) is 108 Å². The van der Waals surface area contributed by atoms with Gasteiger partial charge in [-0.05, 0) is 29.5 Å². The molecule has 56 heavy (non-hydrogen) atoms. The Labute approximate surface area is 335 Å². The van der Waals surface area contributed by atoms with Crippen LogP contribution in [0.2, 0.25) is 0 Å². The standard InChI is InChI=1S/C47H65NO8/c1-2-3-4-5-6-7-8-9-10-11-12-22-31-48-43(49)32-46(37-52-34-40-25-18-14-19-26-40)38-54-47(44(56-46)45(50)53-35-41-27-20-15-21-28-41)30-29-42(55-47)36-51-33-39-23-16-13-17-24-39/h13-21,23-28,42,44H,2-12,22,29-38H2,1H3,(H,48,49)/t42-,44?,46?,47-/m1/s1. The van der Waals surface area contributed by atoms with Crippen LogP contribution in [0.5, 0.6) is 0 Å². The molecule has 1 spiro atoms. The van der Waals surface area contributed by atoms with Crippen LogP contribution in [0.1, 0.15) is 120 Å². The van der Waals surface area contributed by atoms with Crippen molar-refractivity contribution in [1.82, 2.24) is 5.32 Å². The zero-order valence-corrected chi connectivity index (χ0v) is 33.6. The number of carbonyl (C=O) groups excluding carboxylic acids is 2. The second-order valence-electron chi connectivity index (χ2n) is 15.5. The van der Waals surface area contributed by atoms with Crippen LogP contribution < -0.4 is 5.32 Å². The van der Waals surface area contributed by atoms with Crippen LogP contribution in [0, 0.1) is 0 Å². The molecule has 0 radical (unpaired) electrons. The van der Waals surface area contributed by atoms with Crippen molar-refractivity contribution in [1.29, 1.82) is 0 Å². The summed E-state index contributed by atoms with van der Waals surface area (Å²) >= 11 is 0. The Bertz CT molecular complexity index is 1520. The van der Waals surface area contributed by atoms with Crippen LogP contribution >= 0.6 is 0 Å². The summed E-state index contributed by atoms with van der Waals surface area (Å²) in [6.07, 6.45) is 14.5. The van der Waals surface area contributed by atoms with Gasteiger partial charge in [-0.15, -0.1) is 0 Å². The summed E-state index contributed by atoms with van der Waals surface area (Å²) < 4.78 is 38.0. The molecule has 2 saturated heterocycles. The van der Waals surface area contributed by atoms with Crippen molar-refractivity contribution in [2.75, 3.05) is 26.4 Å². The van der Waals surface area contributed by atoms with E-state index < -0.39 is 23.5 Å². The average Bonchev–Trinajstić information content (AvgIpc) is 3.64. The first-order chi connectivity index (χ1) is 27.5. The topological polar surface area (TPSA) is 102 Å². The lowest BCUT2D eigenvalue weighted by Gasteiger charge is -2.47. The van der Waals surface area contributed by atoms with Crippen LogP contribution in [0.15, 0.2) is 91.0 Å². The van der Waals surface area contributed by atoms with Gasteiger partial charge < -0.3 is 33.7 Å². The Morgan fingerprint density at radius 2 is 1.21 bits per heavy atom. The molecule has 3 aromatic carbocycles. The van der Waals surface area contributed by atoms with Crippen molar-refractivity contribution in [3.8, 4) is 0 Å². The Balaban J connectivity index is 1.18. The maximum absolute atomic E-state index is 14.0. The van der Waals surface area contributed by atoms with Gasteiger partial charge in [0.1, 0.15) is 12.2 Å². The van der Waals surface area contributed by atoms with E-state index in [1.165, 1.54) is 64.2 Å². The molecule has 2 aliphatic rings. The predicted molar refractivity (Wildman–Crippen MR) is 218 cm³/mol. The number of ether oxygens (including phenoxy) is 6. The summed E-state index contributed by atoms with van der Waals surface area (Å²) in [6.45, 7) is 4.05. The molecule has 1 amide bonds. The minimum Gasteiger partial charge on any atom is -0.459 e. The van der Waals surface area contributed by atoms with Crippen LogP contribution in [0.3, 0.4) is 0 Å². The number of esters is 1. The summed E-state index contributed by atoms with van der Waals surface area (Å²) in [5, 5.41) is 3.10. The van der Waals surface area contributed by atoms with Crippen LogP contribution in [0.4, 0.5) is 0 Å². The molecule has 4 atom stereocenters. The smallest absolute Gasteiger partial charge is 0.341 e. The Kier molecular flexibility index (Phi) is 18.8. The van der Waals surface area contributed by atoms with Crippen LogP contribution in [-0.2, 0) is 57.8 Å². The molecule has 0 saturated carbocycles. The number of nitrogens with one attached hydrogen (secondary N) is 1. The van der Waals surface area contributed by atoms with E-state index >= 15 is 0 Å². The monoisotopic (exact) mass is 771 g/mol. The molecule has 9 nitrogen and oxygen atoms in total. The normalized spacial score (nSPS) is 21.9. The second kappa shape index (κ2) is 24.2. The van der Waals surface area contributed by atoms with E-state index in [9.17, 15) is 9.59 Å². The van der Waals surface area contributed by atoms with E-state index in [1.54, 1.807) is 0 Å². The molecule has 5 rings (SSSR count). The third kappa shape index (κ3) is 14.7. The summed E-state index contributed by atoms with van der Waals surface area (Å²) in [6, 6.07) is 29.3. The molecule has 2 heterocycles. The molecule has 2 aliphatic heterocycles. The lowest BCUT2D eigenvalue weighted by atomic mass is 9.95. The largest absolute Gasteiger partial charge is 0.459 e. The molecule has 2 fully saturated rings. The Morgan fingerprint density at radius 1 is 0.679 bits per heavy atom. The van der Waals surface area contributed by atoms with Gasteiger partial charge >= 0.3 is 5.97 Å². The molecule has 9 heteroatoms. The lowest BCUT2D eigenvalue weighted by molar-refractivity contribution is -0.358. The van der Waals surface area contributed by atoms with Gasteiger partial charge in [0, 0.05) is 13.0 Å². The van der Waals surface area contributed by atoms with Gasteiger partial charge in [-0.3, -0.25) is 4.79 Å². The van der Waals surface area contributed by atoms with Crippen LogP contribution in [-0.4, -0.2) is 61.8 Å². The highest BCUT2D eigenvalue weighted by molar-refractivity contribution is 5.78. The molecule has 0 aliphatic carbocycles. The summed E-state index contributed by atoms with van der Waals surface area (Å²) in [7, 11) is 0. The van der Waals surface area contributed by atoms with Gasteiger partial charge in [-0.1, -0.05) is 169 Å². The predicted octanol–water partition coefficient (Wildman–Crippen LogP) is 9.40. The highest BCUT2D eigenvalue weighted by atomic mass is 16.8. The number of carbonyl (C=O) groups is 2. The number of amides is 1. The Morgan fingerprint density at radius 3 is 1.80 bits per heavy atom. The summed E-state index contributed by atoms with van der Waals surface area (Å²) in [4.78, 5) is 27.6. The van der Waals surface area contributed by atoms with Gasteiger partial charge in [-0.25, -0.2) is 4.79 Å². The minimum absolute atomic E-state index is 0.00781. The highest BCUT2D eigenvalue weighted by Gasteiger charge is 2.60. The van der Waals surface area contributed by atoms with Crippen LogP contribution in [0.25, 0.3) is 0 Å². The molecule has 3 aromatic rings. The van der Waals surface area contributed by atoms with Gasteiger partial charge in [0.15, 0.2) is 0 Å². The van der Waals surface area contributed by atoms with Gasteiger partial charge in [-0.2, -0.15) is 0 Å².